The van der Waals surface area contributed by atoms with Gasteiger partial charge in [-0.15, -0.1) is 0 Å². The number of rotatable bonds is 5. The van der Waals surface area contributed by atoms with E-state index in [4.69, 9.17) is 0 Å². The van der Waals surface area contributed by atoms with E-state index in [-0.39, 0.29) is 25.9 Å². The zero-order valence-electron chi connectivity index (χ0n) is 21.5. The van der Waals surface area contributed by atoms with Crippen molar-refractivity contribution < 1.29 is 36.7 Å². The Labute approximate surface area is 221 Å². The minimum absolute atomic E-state index is 0.0615. The number of hydrogen-bond acceptors (Lipinski definition) is 5. The molecule has 0 saturated carbocycles. The van der Waals surface area contributed by atoms with E-state index in [1.165, 1.54) is 23.0 Å². The Morgan fingerprint density at radius 1 is 1.08 bits per heavy atom. The van der Waals surface area contributed by atoms with Crippen molar-refractivity contribution in [2.75, 3.05) is 25.0 Å². The molecule has 4 rings (SSSR count). The number of likely N-dealkylation sites (tertiary alicyclic amines) is 1. The van der Waals surface area contributed by atoms with Crippen LogP contribution in [0.5, 0.6) is 0 Å². The van der Waals surface area contributed by atoms with Gasteiger partial charge in [-0.05, 0) is 49.1 Å². The molecule has 2 aliphatic rings. The van der Waals surface area contributed by atoms with Crippen molar-refractivity contribution in [1.82, 2.24) is 20.1 Å². The van der Waals surface area contributed by atoms with Crippen LogP contribution in [0.2, 0.25) is 0 Å². The van der Waals surface area contributed by atoms with Crippen molar-refractivity contribution in [2.45, 2.75) is 44.4 Å². The van der Waals surface area contributed by atoms with Gasteiger partial charge in [0.2, 0.25) is 5.91 Å². The molecule has 1 aromatic heterocycles. The molecule has 9 nitrogen and oxygen atoms in total. The number of nitrogens with one attached hydrogen (secondary N) is 1. The summed E-state index contributed by atoms with van der Waals surface area (Å²) in [6.45, 7) is 3.39. The van der Waals surface area contributed by atoms with Crippen LogP contribution in [0.25, 0.3) is 0 Å². The SMILES string of the molecule is CC(C)[C@@H](NC(=O)c1cc(C(F)(F)F)ccc1F)C(=O)N1CCC2(CC1)C(=O)N(C)C(=O)N2c1ccccn1. The van der Waals surface area contributed by atoms with Gasteiger partial charge in [-0.3, -0.25) is 24.2 Å². The highest BCUT2D eigenvalue weighted by molar-refractivity contribution is 6.16. The second-order valence-electron chi connectivity index (χ2n) is 9.91. The quantitative estimate of drug-likeness (QED) is 0.455. The predicted octanol–water partition coefficient (Wildman–Crippen LogP) is 3.45. The van der Waals surface area contributed by atoms with Crippen LogP contribution >= 0.6 is 0 Å². The number of hydrogen-bond donors (Lipinski definition) is 1. The predicted molar refractivity (Wildman–Crippen MR) is 131 cm³/mol. The lowest BCUT2D eigenvalue weighted by Gasteiger charge is -2.42. The van der Waals surface area contributed by atoms with Crippen molar-refractivity contribution in [3.63, 3.8) is 0 Å². The Kier molecular flexibility index (Phi) is 7.37. The fourth-order valence-electron chi connectivity index (χ4n) is 4.97. The van der Waals surface area contributed by atoms with Crippen LogP contribution in [0.4, 0.5) is 28.2 Å². The topological polar surface area (TPSA) is 103 Å². The molecule has 0 unspecified atom stereocenters. The van der Waals surface area contributed by atoms with Gasteiger partial charge in [-0.2, -0.15) is 13.2 Å². The first-order chi connectivity index (χ1) is 18.3. The van der Waals surface area contributed by atoms with Gasteiger partial charge >= 0.3 is 12.2 Å². The number of amides is 5. The van der Waals surface area contributed by atoms with Crippen LogP contribution in [0.3, 0.4) is 0 Å². The van der Waals surface area contributed by atoms with Crippen molar-refractivity contribution in [2.24, 2.45) is 5.92 Å². The maximum Gasteiger partial charge on any atom is 0.416 e. The number of benzene rings is 1. The third-order valence-electron chi connectivity index (χ3n) is 7.15. The van der Waals surface area contributed by atoms with Crippen molar-refractivity contribution >= 4 is 29.6 Å². The molecule has 2 aliphatic heterocycles. The summed E-state index contributed by atoms with van der Waals surface area (Å²) >= 11 is 0. The minimum atomic E-state index is -4.78. The number of piperidine rings is 1. The molecule has 2 fully saturated rings. The third-order valence-corrected chi connectivity index (χ3v) is 7.15. The molecular weight excluding hydrogens is 522 g/mol. The van der Waals surface area contributed by atoms with Gasteiger partial charge in [0.15, 0.2) is 0 Å². The van der Waals surface area contributed by atoms with Gasteiger partial charge in [0.1, 0.15) is 23.2 Å². The van der Waals surface area contributed by atoms with Gasteiger partial charge in [0, 0.05) is 26.3 Å². The van der Waals surface area contributed by atoms with E-state index in [9.17, 15) is 36.7 Å². The molecular formula is C26H27F4N5O4. The molecule has 2 aromatic rings. The van der Waals surface area contributed by atoms with E-state index in [1.807, 2.05) is 0 Å². The molecule has 0 aliphatic carbocycles. The van der Waals surface area contributed by atoms with Gasteiger partial charge in [-0.1, -0.05) is 19.9 Å². The summed E-state index contributed by atoms with van der Waals surface area (Å²) in [5.41, 5.74) is -3.26. The first-order valence-electron chi connectivity index (χ1n) is 12.3. The van der Waals surface area contributed by atoms with Crippen LogP contribution in [-0.4, -0.2) is 70.3 Å². The lowest BCUT2D eigenvalue weighted by atomic mass is 9.85. The van der Waals surface area contributed by atoms with E-state index < -0.39 is 64.4 Å². The normalized spacial score (nSPS) is 18.2. The number of halogens is 4. The Balaban J connectivity index is 1.52. The van der Waals surface area contributed by atoms with E-state index in [0.717, 1.165) is 4.90 Å². The summed E-state index contributed by atoms with van der Waals surface area (Å²) in [4.78, 5) is 60.3. The molecule has 13 heteroatoms. The number of imide groups is 1. The van der Waals surface area contributed by atoms with Gasteiger partial charge in [0.25, 0.3) is 11.8 Å². The van der Waals surface area contributed by atoms with Crippen LogP contribution < -0.4 is 10.2 Å². The largest absolute Gasteiger partial charge is 0.416 e. The number of nitrogens with zero attached hydrogens (tertiary/aromatic N) is 4. The van der Waals surface area contributed by atoms with Crippen LogP contribution in [-0.2, 0) is 15.8 Å². The number of carbonyl (C=O) groups excluding carboxylic acids is 4. The summed E-state index contributed by atoms with van der Waals surface area (Å²) in [7, 11) is 1.38. The average Bonchev–Trinajstić information content (AvgIpc) is 3.07. The summed E-state index contributed by atoms with van der Waals surface area (Å²) in [6, 6.07) is 4.76. The summed E-state index contributed by atoms with van der Waals surface area (Å²) < 4.78 is 53.5. The maximum absolute atomic E-state index is 14.3. The molecule has 0 bridgehead atoms. The summed E-state index contributed by atoms with van der Waals surface area (Å²) in [6.07, 6.45) is -3.08. The summed E-state index contributed by atoms with van der Waals surface area (Å²) in [5, 5.41) is 2.38. The van der Waals surface area contributed by atoms with E-state index in [0.29, 0.717) is 24.0 Å². The van der Waals surface area contributed by atoms with E-state index in [2.05, 4.69) is 10.3 Å². The first-order valence-corrected chi connectivity index (χ1v) is 12.3. The van der Waals surface area contributed by atoms with E-state index in [1.54, 1.807) is 32.0 Å². The fourth-order valence-corrected chi connectivity index (χ4v) is 4.97. The number of anilines is 1. The fraction of sp³-hybridized carbons (Fsp3) is 0.423. The number of likely N-dealkylation sites (N-methyl/N-ethyl adjacent to an activating group) is 1. The third kappa shape index (κ3) is 5.04. The molecule has 0 radical (unpaired) electrons. The zero-order valence-corrected chi connectivity index (χ0v) is 21.5. The Bertz CT molecular complexity index is 1290. The number of pyridine rings is 1. The first kappa shape index (κ1) is 28.0. The smallest absolute Gasteiger partial charge is 0.341 e. The van der Waals surface area contributed by atoms with Crippen molar-refractivity contribution in [3.05, 3.63) is 59.5 Å². The number of alkyl halides is 3. The minimum Gasteiger partial charge on any atom is -0.341 e. The van der Waals surface area contributed by atoms with Crippen molar-refractivity contribution in [3.8, 4) is 0 Å². The molecule has 1 N–H and O–H groups in total. The highest BCUT2D eigenvalue weighted by Gasteiger charge is 2.58. The molecule has 208 valence electrons. The van der Waals surface area contributed by atoms with Crippen molar-refractivity contribution in [1.29, 1.82) is 0 Å². The van der Waals surface area contributed by atoms with Gasteiger partial charge in [-0.25, -0.2) is 14.2 Å². The molecule has 2 saturated heterocycles. The lowest BCUT2D eigenvalue weighted by Crippen LogP contribution is -2.60. The number of carbonyl (C=O) groups is 4. The van der Waals surface area contributed by atoms with E-state index >= 15 is 0 Å². The van der Waals surface area contributed by atoms with Crippen LogP contribution in [0.15, 0.2) is 42.6 Å². The van der Waals surface area contributed by atoms with Gasteiger partial charge < -0.3 is 10.2 Å². The Morgan fingerprint density at radius 2 is 1.74 bits per heavy atom. The summed E-state index contributed by atoms with van der Waals surface area (Å²) in [5.74, 6) is -3.45. The molecule has 39 heavy (non-hydrogen) atoms. The van der Waals surface area contributed by atoms with Crippen LogP contribution in [0.1, 0.15) is 42.6 Å². The van der Waals surface area contributed by atoms with Crippen LogP contribution in [0, 0.1) is 11.7 Å². The number of aromatic nitrogens is 1. The standard InChI is InChI=1S/C26H27F4N5O4/c1-15(2)20(32-21(36)17-14-16(26(28,29)30)7-8-18(17)27)22(37)34-12-9-25(10-13-34)23(38)33(3)24(39)35(25)19-6-4-5-11-31-19/h4-8,11,14-15,20H,9-10,12-13H2,1-3H3,(H,32,36)/t20-/m1/s1. The maximum atomic E-state index is 14.3. The highest BCUT2D eigenvalue weighted by Crippen LogP contribution is 2.39. The molecule has 1 aromatic carbocycles. The zero-order chi connectivity index (χ0) is 28.7. The second-order valence-corrected chi connectivity index (χ2v) is 9.91. The monoisotopic (exact) mass is 549 g/mol. The molecule has 1 atom stereocenters. The lowest BCUT2D eigenvalue weighted by molar-refractivity contribution is -0.139. The Hall–Kier alpha value is -4.03. The molecule has 3 heterocycles. The highest BCUT2D eigenvalue weighted by atomic mass is 19.4. The molecule has 1 spiro atoms. The average molecular weight is 550 g/mol. The number of urea groups is 1. The second kappa shape index (κ2) is 10.3. The molecule has 5 amide bonds. The Morgan fingerprint density at radius 3 is 2.31 bits per heavy atom. The van der Waals surface area contributed by atoms with Gasteiger partial charge in [0.05, 0.1) is 11.1 Å².